The molecule has 0 saturated heterocycles. The van der Waals surface area contributed by atoms with Gasteiger partial charge in [-0.1, -0.05) is 23.2 Å². The van der Waals surface area contributed by atoms with Crippen LogP contribution in [0.5, 0.6) is 5.75 Å². The summed E-state index contributed by atoms with van der Waals surface area (Å²) in [5.41, 5.74) is -0.711. The Kier molecular flexibility index (Phi) is 3.74. The van der Waals surface area contributed by atoms with Crippen molar-refractivity contribution in [3.63, 3.8) is 0 Å². The minimum Gasteiger partial charge on any atom is -0.486 e. The maximum atomic E-state index is 11.1. The van der Waals surface area contributed by atoms with Gasteiger partial charge in [-0.05, 0) is 18.2 Å². The van der Waals surface area contributed by atoms with Crippen molar-refractivity contribution in [3.8, 4) is 5.75 Å². The average molecular weight is 287 g/mol. The highest BCUT2D eigenvalue weighted by atomic mass is 35.5. The summed E-state index contributed by atoms with van der Waals surface area (Å²) in [6.07, 6.45) is 0. The van der Waals surface area contributed by atoms with Crippen LogP contribution in [0.25, 0.3) is 0 Å². The fraction of sp³-hybridized carbons (Fsp3) is 0.0909. The Morgan fingerprint density at radius 3 is 2.56 bits per heavy atom. The minimum atomic E-state index is -0.580. The molecule has 1 heterocycles. The van der Waals surface area contributed by atoms with Crippen molar-refractivity contribution in [2.45, 2.75) is 6.61 Å². The van der Waals surface area contributed by atoms with E-state index < -0.39 is 11.2 Å². The van der Waals surface area contributed by atoms with Crippen molar-refractivity contribution in [2.75, 3.05) is 0 Å². The smallest absolute Gasteiger partial charge is 0.326 e. The van der Waals surface area contributed by atoms with Crippen LogP contribution >= 0.6 is 23.2 Å². The normalized spacial score (nSPS) is 10.3. The number of hydrogen-bond donors (Lipinski definition) is 2. The second kappa shape index (κ2) is 5.29. The van der Waals surface area contributed by atoms with Crippen LogP contribution in [-0.4, -0.2) is 9.97 Å². The summed E-state index contributed by atoms with van der Waals surface area (Å²) in [6.45, 7) is 0.0283. The monoisotopic (exact) mass is 286 g/mol. The molecule has 0 aliphatic heterocycles. The van der Waals surface area contributed by atoms with E-state index >= 15 is 0 Å². The molecule has 5 nitrogen and oxygen atoms in total. The van der Waals surface area contributed by atoms with Gasteiger partial charge in [0, 0.05) is 11.1 Å². The first-order chi connectivity index (χ1) is 8.54. The van der Waals surface area contributed by atoms with Crippen molar-refractivity contribution in [3.05, 3.63) is 60.8 Å². The molecule has 1 aromatic heterocycles. The van der Waals surface area contributed by atoms with Crippen LogP contribution in [0.4, 0.5) is 0 Å². The van der Waals surface area contributed by atoms with Crippen LogP contribution in [0.1, 0.15) is 5.69 Å². The zero-order chi connectivity index (χ0) is 13.1. The van der Waals surface area contributed by atoms with Gasteiger partial charge in [0.2, 0.25) is 0 Å². The molecule has 18 heavy (non-hydrogen) atoms. The molecule has 0 bridgehead atoms. The predicted molar refractivity (Wildman–Crippen MR) is 68.5 cm³/mol. The van der Waals surface area contributed by atoms with E-state index in [0.29, 0.717) is 21.5 Å². The van der Waals surface area contributed by atoms with Gasteiger partial charge in [0.05, 0.1) is 10.7 Å². The number of H-pyrrole nitrogens is 2. The molecular formula is C11H8Cl2N2O3. The van der Waals surface area contributed by atoms with Gasteiger partial charge in [-0.2, -0.15) is 0 Å². The SMILES string of the molecule is O=c1cc(COc2ccc(Cl)cc2Cl)[nH]c(=O)[nH]1. The molecule has 2 aromatic rings. The fourth-order valence-electron chi connectivity index (χ4n) is 1.34. The molecule has 0 spiro atoms. The third kappa shape index (κ3) is 3.15. The Labute approximate surface area is 111 Å². The molecule has 0 radical (unpaired) electrons. The largest absolute Gasteiger partial charge is 0.486 e. The van der Waals surface area contributed by atoms with Gasteiger partial charge in [0.15, 0.2) is 0 Å². The van der Waals surface area contributed by atoms with E-state index in [2.05, 4.69) is 9.97 Å². The molecule has 0 aliphatic carbocycles. The van der Waals surface area contributed by atoms with Crippen LogP contribution in [-0.2, 0) is 6.61 Å². The Balaban J connectivity index is 2.16. The van der Waals surface area contributed by atoms with E-state index in [1.54, 1.807) is 18.2 Å². The van der Waals surface area contributed by atoms with Gasteiger partial charge in [-0.3, -0.25) is 9.78 Å². The zero-order valence-electron chi connectivity index (χ0n) is 9.00. The maximum absolute atomic E-state index is 11.1. The lowest BCUT2D eigenvalue weighted by Gasteiger charge is -2.07. The van der Waals surface area contributed by atoms with Gasteiger partial charge in [0.25, 0.3) is 5.56 Å². The third-order valence-corrected chi connectivity index (χ3v) is 2.62. The topological polar surface area (TPSA) is 75.0 Å². The number of ether oxygens (including phenoxy) is 1. The number of benzene rings is 1. The van der Waals surface area contributed by atoms with E-state index in [4.69, 9.17) is 27.9 Å². The van der Waals surface area contributed by atoms with E-state index in [9.17, 15) is 9.59 Å². The Morgan fingerprint density at radius 2 is 1.89 bits per heavy atom. The van der Waals surface area contributed by atoms with Crippen LogP contribution in [0.2, 0.25) is 10.0 Å². The minimum absolute atomic E-state index is 0.0283. The van der Waals surface area contributed by atoms with E-state index in [-0.39, 0.29) is 6.61 Å². The van der Waals surface area contributed by atoms with Crippen LogP contribution < -0.4 is 16.0 Å². The highest BCUT2D eigenvalue weighted by Crippen LogP contribution is 2.27. The first-order valence-corrected chi connectivity index (χ1v) is 5.70. The number of aromatic nitrogens is 2. The molecule has 0 amide bonds. The fourth-order valence-corrected chi connectivity index (χ4v) is 1.81. The quantitative estimate of drug-likeness (QED) is 0.906. The van der Waals surface area contributed by atoms with Crippen LogP contribution in [0.3, 0.4) is 0 Å². The maximum Gasteiger partial charge on any atom is 0.326 e. The molecule has 2 N–H and O–H groups in total. The van der Waals surface area contributed by atoms with Crippen molar-refractivity contribution < 1.29 is 4.74 Å². The molecule has 0 fully saturated rings. The Hall–Kier alpha value is -1.72. The molecule has 0 aliphatic rings. The zero-order valence-corrected chi connectivity index (χ0v) is 10.5. The Bertz CT molecular complexity index is 650. The number of halogens is 2. The van der Waals surface area contributed by atoms with Gasteiger partial charge >= 0.3 is 5.69 Å². The summed E-state index contributed by atoms with van der Waals surface area (Å²) in [4.78, 5) is 26.6. The average Bonchev–Trinajstić information content (AvgIpc) is 2.26. The molecule has 2 rings (SSSR count). The number of hydrogen-bond acceptors (Lipinski definition) is 3. The van der Waals surface area contributed by atoms with Crippen LogP contribution in [0, 0.1) is 0 Å². The standard InChI is InChI=1S/C11H8Cl2N2O3/c12-6-1-2-9(8(13)3-6)18-5-7-4-10(16)15-11(17)14-7/h1-4H,5H2,(H2,14,15,16,17). The van der Waals surface area contributed by atoms with Crippen molar-refractivity contribution >= 4 is 23.2 Å². The van der Waals surface area contributed by atoms with Gasteiger partial charge in [0.1, 0.15) is 12.4 Å². The molecule has 0 unspecified atom stereocenters. The highest BCUT2D eigenvalue weighted by molar-refractivity contribution is 6.35. The molecule has 0 saturated carbocycles. The lowest BCUT2D eigenvalue weighted by molar-refractivity contribution is 0.300. The summed E-state index contributed by atoms with van der Waals surface area (Å²) < 4.78 is 5.37. The van der Waals surface area contributed by atoms with Crippen molar-refractivity contribution in [1.82, 2.24) is 9.97 Å². The van der Waals surface area contributed by atoms with Crippen molar-refractivity contribution in [1.29, 1.82) is 0 Å². The summed E-state index contributed by atoms with van der Waals surface area (Å²) >= 11 is 11.7. The van der Waals surface area contributed by atoms with Gasteiger partial charge < -0.3 is 9.72 Å². The lowest BCUT2D eigenvalue weighted by Crippen LogP contribution is -2.23. The highest BCUT2D eigenvalue weighted by Gasteiger charge is 2.04. The first kappa shape index (κ1) is 12.7. The third-order valence-electron chi connectivity index (χ3n) is 2.09. The molecular weight excluding hydrogens is 279 g/mol. The second-order valence-electron chi connectivity index (χ2n) is 3.48. The molecule has 0 atom stereocenters. The summed E-state index contributed by atoms with van der Waals surface area (Å²) in [7, 11) is 0. The summed E-state index contributed by atoms with van der Waals surface area (Å²) in [5.74, 6) is 0.419. The molecule has 1 aromatic carbocycles. The first-order valence-electron chi connectivity index (χ1n) is 4.95. The molecule has 7 heteroatoms. The van der Waals surface area contributed by atoms with E-state index in [1.807, 2.05) is 0 Å². The number of nitrogens with one attached hydrogen (secondary N) is 2. The van der Waals surface area contributed by atoms with Crippen molar-refractivity contribution in [2.24, 2.45) is 0 Å². The van der Waals surface area contributed by atoms with Crippen LogP contribution in [0.15, 0.2) is 33.9 Å². The number of rotatable bonds is 3. The summed E-state index contributed by atoms with van der Waals surface area (Å²) in [5, 5.41) is 0.853. The predicted octanol–water partition coefficient (Wildman–Crippen LogP) is 1.95. The second-order valence-corrected chi connectivity index (χ2v) is 4.32. The molecule has 94 valence electrons. The number of aromatic amines is 2. The van der Waals surface area contributed by atoms with E-state index in [0.717, 1.165) is 0 Å². The van der Waals surface area contributed by atoms with Gasteiger partial charge in [-0.15, -0.1) is 0 Å². The summed E-state index contributed by atoms with van der Waals surface area (Å²) in [6, 6.07) is 6.02. The van der Waals surface area contributed by atoms with E-state index in [1.165, 1.54) is 6.07 Å². The Morgan fingerprint density at radius 1 is 1.11 bits per heavy atom. The lowest BCUT2D eigenvalue weighted by atomic mass is 10.3. The van der Waals surface area contributed by atoms with Gasteiger partial charge in [-0.25, -0.2) is 4.79 Å².